The van der Waals surface area contributed by atoms with Crippen molar-refractivity contribution in [3.05, 3.63) is 77.9 Å². The molecule has 183 valence electrons. The second-order valence-electron chi connectivity index (χ2n) is 7.31. The van der Waals surface area contributed by atoms with E-state index in [2.05, 4.69) is 76.3 Å². The van der Waals surface area contributed by atoms with E-state index in [1.165, 1.54) is 16.3 Å². The summed E-state index contributed by atoms with van der Waals surface area (Å²) < 4.78 is 0. The summed E-state index contributed by atoms with van der Waals surface area (Å²) in [7, 11) is 6.53. The molecule has 33 heavy (non-hydrogen) atoms. The zero-order valence-electron chi connectivity index (χ0n) is 18.9. The summed E-state index contributed by atoms with van der Waals surface area (Å²) in [6.07, 6.45) is 0.642. The molecule has 0 aliphatic heterocycles. The molecule has 0 saturated heterocycles. The molecule has 0 fully saturated rings. The fourth-order valence-electron chi connectivity index (χ4n) is 3.73. The van der Waals surface area contributed by atoms with Crippen molar-refractivity contribution in [3.63, 3.8) is 0 Å². The maximum absolute atomic E-state index is 9.93. The molecule has 4 aromatic rings. The van der Waals surface area contributed by atoms with Crippen molar-refractivity contribution in [2.45, 2.75) is 20.3 Å². The Morgan fingerprint density at radius 2 is 1.73 bits per heavy atom. The number of benzene rings is 3. The van der Waals surface area contributed by atoms with E-state index in [1.807, 2.05) is 18.9 Å². The van der Waals surface area contributed by atoms with Crippen molar-refractivity contribution < 1.29 is 31.2 Å². The number of amidine groups is 1. The molecule has 0 aliphatic carbocycles. The molecule has 0 bridgehead atoms. The number of nitrogens with zero attached hydrogens (tertiary/aromatic N) is 3. The molecule has 0 saturated carbocycles. The zero-order chi connectivity index (χ0) is 21.7. The molecule has 0 radical (unpaired) electrons. The maximum atomic E-state index is 9.93. The second-order valence-corrected chi connectivity index (χ2v) is 7.31. The molecular weight excluding hydrogens is 638 g/mol. The van der Waals surface area contributed by atoms with Gasteiger partial charge in [0.25, 0.3) is 0 Å². The van der Waals surface area contributed by atoms with Gasteiger partial charge >= 0.3 is 28.2 Å². The summed E-state index contributed by atoms with van der Waals surface area (Å²) >= 11 is 1.61. The number of nitrogens with two attached hydrogens (primary N) is 2. The van der Waals surface area contributed by atoms with Crippen molar-refractivity contribution in [3.8, 4) is 0 Å². The number of rotatable bonds is 5. The van der Waals surface area contributed by atoms with E-state index in [1.54, 1.807) is 18.8 Å². The van der Waals surface area contributed by atoms with Gasteiger partial charge in [-0.15, -0.1) is 0 Å². The van der Waals surface area contributed by atoms with Gasteiger partial charge < -0.3 is 40.3 Å². The van der Waals surface area contributed by atoms with Crippen molar-refractivity contribution in [1.29, 1.82) is 0 Å². The summed E-state index contributed by atoms with van der Waals surface area (Å²) in [5.41, 5.74) is 4.34. The third kappa shape index (κ3) is 6.78. The van der Waals surface area contributed by atoms with Crippen LogP contribution in [0.5, 0.6) is 0 Å². The Balaban J connectivity index is 0.00000199. The standard InChI is InChI=1S/C24H25N4.2ClH.2H2N.Pt/c1-4-22(25)28(3)14-13-26-23-19-11-10-17-7-5-6-8-18(17)24(19)27-21-12-9-16(2)15-20(21)23;;;;;/h5-12,15H,4,13-14H2,1-3H3,(H,26,27);2*1H;2*1H2;/q-1;;;2*-1;+1/p-2. The molecular formula is C24H29Cl2N6Pt-4. The average Bonchev–Trinajstić information content (AvgIpc) is 2.79. The molecule has 1 aromatic heterocycles. The van der Waals surface area contributed by atoms with Crippen LogP contribution in [0.25, 0.3) is 50.3 Å². The first-order valence-electron chi connectivity index (χ1n) is 9.92. The van der Waals surface area contributed by atoms with Crippen LogP contribution in [0.2, 0.25) is 0 Å². The van der Waals surface area contributed by atoms with Crippen LogP contribution in [0.15, 0.2) is 54.6 Å². The van der Waals surface area contributed by atoms with Gasteiger partial charge in [-0.2, -0.15) is 0 Å². The molecule has 1 heterocycles. The fraction of sp³-hybridized carbons (Fsp3) is 0.250. The molecule has 0 unspecified atom stereocenters. The quantitative estimate of drug-likeness (QED) is 0.144. The monoisotopic (exact) mass is 666 g/mol. The second kappa shape index (κ2) is 14.3. The minimum Gasteiger partial charge on any atom is -0.693 e. The number of hydrogen-bond acceptors (Lipinski definition) is 2. The number of fused-ring (bicyclic) bond motifs is 4. The molecule has 0 atom stereocenters. The minimum absolute atomic E-state index is 0. The number of nitrogens with one attached hydrogen (secondary N) is 1. The van der Waals surface area contributed by atoms with Gasteiger partial charge in [-0.05, 0) is 37.4 Å². The molecule has 0 aliphatic rings. The fourth-order valence-corrected chi connectivity index (χ4v) is 3.73. The number of likely N-dealkylation sites (N-methyl/N-ethyl adjacent to an activating group) is 1. The first-order valence-corrected chi connectivity index (χ1v) is 12.7. The number of hydrogen-bond donors (Lipinski definition) is 1. The normalized spacial score (nSPS) is 9.76. The van der Waals surface area contributed by atoms with Gasteiger partial charge in [0.15, 0.2) is 0 Å². The third-order valence-electron chi connectivity index (χ3n) is 5.33. The number of aromatic nitrogens is 1. The van der Waals surface area contributed by atoms with Crippen molar-refractivity contribution >= 4 is 53.5 Å². The largest absolute Gasteiger partial charge is 0.693 e. The van der Waals surface area contributed by atoms with E-state index >= 15 is 0 Å². The van der Waals surface area contributed by atoms with Gasteiger partial charge in [0, 0.05) is 22.7 Å². The van der Waals surface area contributed by atoms with Crippen LogP contribution in [0.4, 0.5) is 5.69 Å². The molecule has 6 nitrogen and oxygen atoms in total. The number of aryl methyl sites for hydroxylation is 1. The van der Waals surface area contributed by atoms with Gasteiger partial charge in [0.2, 0.25) is 0 Å². The topological polar surface area (TPSA) is 117 Å². The van der Waals surface area contributed by atoms with Crippen LogP contribution >= 0.6 is 9.42 Å². The van der Waals surface area contributed by atoms with Crippen LogP contribution in [0, 0.1) is 6.92 Å². The summed E-state index contributed by atoms with van der Waals surface area (Å²) in [6.45, 7) is 5.52. The van der Waals surface area contributed by atoms with E-state index in [-0.39, 0.29) is 24.7 Å². The van der Waals surface area contributed by atoms with Crippen LogP contribution in [0.1, 0.15) is 18.9 Å². The minimum atomic E-state index is 0. The first-order chi connectivity index (χ1) is 14.6. The van der Waals surface area contributed by atoms with Crippen molar-refractivity contribution in [2.24, 2.45) is 0 Å². The van der Waals surface area contributed by atoms with Gasteiger partial charge in [-0.25, -0.2) is 4.98 Å². The van der Waals surface area contributed by atoms with Gasteiger partial charge in [-0.3, -0.25) is 0 Å². The van der Waals surface area contributed by atoms with Crippen LogP contribution in [0.3, 0.4) is 0 Å². The number of anilines is 1. The molecule has 0 amide bonds. The Bertz CT molecular complexity index is 1200. The first kappa shape index (κ1) is 31.0. The van der Waals surface area contributed by atoms with Crippen LogP contribution < -0.4 is 17.7 Å². The maximum Gasteiger partial charge on any atom is -0.693 e. The van der Waals surface area contributed by atoms with E-state index in [9.17, 15) is 5.41 Å². The Morgan fingerprint density at radius 1 is 1.03 bits per heavy atom. The average molecular weight is 668 g/mol. The van der Waals surface area contributed by atoms with Crippen molar-refractivity contribution in [2.75, 3.05) is 25.5 Å². The van der Waals surface area contributed by atoms with E-state index in [0.29, 0.717) is 12.3 Å². The smallest absolute Gasteiger partial charge is 0.693 e. The Hall–Kier alpha value is -1.95. The third-order valence-corrected chi connectivity index (χ3v) is 5.33. The summed E-state index contributed by atoms with van der Waals surface area (Å²) in [4.78, 5) is 6.89. The molecule has 0 spiro atoms. The molecule has 9 heteroatoms. The molecule has 4 rings (SSSR count). The summed E-state index contributed by atoms with van der Waals surface area (Å²) in [6, 6.07) is 19.1. The van der Waals surface area contributed by atoms with E-state index < -0.39 is 0 Å². The predicted molar refractivity (Wildman–Crippen MR) is 138 cm³/mol. The van der Waals surface area contributed by atoms with Gasteiger partial charge in [0.05, 0.1) is 16.7 Å². The molecule has 5 N–H and O–H groups in total. The van der Waals surface area contributed by atoms with Gasteiger partial charge in [-0.1, -0.05) is 67.8 Å². The number of halogens is 2. The van der Waals surface area contributed by atoms with Crippen LogP contribution in [-0.4, -0.2) is 35.9 Å². The SMILES string of the molecule is CCC(=[N-])N(C)CCNc1c2cc(C)ccc2nc2c1ccc1ccccc12.[Cl-].[Cl][Pt].[NH2-].[NH2-]. The summed E-state index contributed by atoms with van der Waals surface area (Å²) in [5.74, 6) is 0.410. The molecule has 3 aromatic carbocycles. The number of pyridine rings is 1. The Morgan fingerprint density at radius 3 is 2.42 bits per heavy atom. The Labute approximate surface area is 217 Å². The van der Waals surface area contributed by atoms with Crippen molar-refractivity contribution in [1.82, 2.24) is 9.88 Å². The predicted octanol–water partition coefficient (Wildman–Crippen LogP) is 4.70. The Kier molecular flexibility index (Phi) is 13.5. The van der Waals surface area contributed by atoms with E-state index in [0.717, 1.165) is 40.6 Å². The van der Waals surface area contributed by atoms with Crippen LogP contribution in [-0.2, 0) is 18.8 Å². The van der Waals surface area contributed by atoms with Gasteiger partial charge in [0.1, 0.15) is 0 Å². The summed E-state index contributed by atoms with van der Waals surface area (Å²) in [5, 5.41) is 18.2. The zero-order valence-corrected chi connectivity index (χ0v) is 22.7. The van der Waals surface area contributed by atoms with E-state index in [4.69, 9.17) is 4.98 Å².